The maximum absolute atomic E-state index is 13.3. The number of benzene rings is 2. The molecule has 0 saturated heterocycles. The number of anilines is 2. The second-order valence-corrected chi connectivity index (χ2v) is 5.19. The van der Waals surface area contributed by atoms with Crippen LogP contribution in [0.4, 0.5) is 21.5 Å². The highest BCUT2D eigenvalue weighted by atomic mass is 35.5. The number of methoxy groups -OCH3 is 1. The zero-order valence-corrected chi connectivity index (χ0v) is 13.4. The van der Waals surface area contributed by atoms with Crippen molar-refractivity contribution in [1.82, 2.24) is 0 Å². The molecule has 0 atom stereocenters. The maximum Gasteiger partial charge on any atom is 0.306 e. The van der Waals surface area contributed by atoms with Gasteiger partial charge in [0.2, 0.25) is 5.82 Å². The molecule has 23 heavy (non-hydrogen) atoms. The smallest absolute Gasteiger partial charge is 0.306 e. The van der Waals surface area contributed by atoms with Gasteiger partial charge in [0.1, 0.15) is 5.75 Å². The van der Waals surface area contributed by atoms with Gasteiger partial charge in [0, 0.05) is 16.8 Å². The van der Waals surface area contributed by atoms with Gasteiger partial charge in [-0.2, -0.15) is 4.39 Å². The standard InChI is InChI=1S/C14H11ClFN3O3S/c1-22-13-5-2-8(15)6-11(13)18-14(23)17-9-3-4-10(16)12(7-9)19(20)21/h2-7H,1H3,(H2,17,18,23). The van der Waals surface area contributed by atoms with E-state index in [4.69, 9.17) is 28.6 Å². The summed E-state index contributed by atoms with van der Waals surface area (Å²) < 4.78 is 18.5. The lowest BCUT2D eigenvalue weighted by atomic mass is 10.2. The normalized spacial score (nSPS) is 10.0. The molecule has 0 aliphatic rings. The Morgan fingerprint density at radius 3 is 2.70 bits per heavy atom. The molecule has 120 valence electrons. The molecule has 6 nitrogen and oxygen atoms in total. The highest BCUT2D eigenvalue weighted by Gasteiger charge is 2.15. The van der Waals surface area contributed by atoms with Gasteiger partial charge in [-0.1, -0.05) is 11.6 Å². The first-order chi connectivity index (χ1) is 10.9. The molecule has 2 aromatic carbocycles. The van der Waals surface area contributed by atoms with Crippen LogP contribution < -0.4 is 15.4 Å². The van der Waals surface area contributed by atoms with Crippen molar-refractivity contribution in [2.75, 3.05) is 17.7 Å². The zero-order chi connectivity index (χ0) is 17.0. The van der Waals surface area contributed by atoms with E-state index in [2.05, 4.69) is 10.6 Å². The van der Waals surface area contributed by atoms with Crippen LogP contribution >= 0.6 is 23.8 Å². The molecule has 0 saturated carbocycles. The van der Waals surface area contributed by atoms with Crippen molar-refractivity contribution in [2.45, 2.75) is 0 Å². The van der Waals surface area contributed by atoms with Gasteiger partial charge in [0.15, 0.2) is 5.11 Å². The molecule has 0 radical (unpaired) electrons. The molecule has 0 bridgehead atoms. The molecule has 0 heterocycles. The predicted molar refractivity (Wildman–Crippen MR) is 90.9 cm³/mol. The number of nitro groups is 1. The summed E-state index contributed by atoms with van der Waals surface area (Å²) in [5.41, 5.74) is 0.156. The van der Waals surface area contributed by atoms with E-state index >= 15 is 0 Å². The summed E-state index contributed by atoms with van der Waals surface area (Å²) in [5, 5.41) is 17.0. The average molecular weight is 356 g/mol. The molecule has 0 spiro atoms. The molecule has 0 fully saturated rings. The van der Waals surface area contributed by atoms with Crippen molar-refractivity contribution >= 4 is 46.0 Å². The number of nitro benzene ring substituents is 1. The van der Waals surface area contributed by atoms with Crippen molar-refractivity contribution < 1.29 is 14.1 Å². The van der Waals surface area contributed by atoms with Crippen molar-refractivity contribution in [2.24, 2.45) is 0 Å². The Balaban J connectivity index is 2.16. The van der Waals surface area contributed by atoms with E-state index in [1.807, 2.05) is 0 Å². The fraction of sp³-hybridized carbons (Fsp3) is 0.0714. The van der Waals surface area contributed by atoms with Crippen LogP contribution in [0.15, 0.2) is 36.4 Å². The first kappa shape index (κ1) is 16.9. The summed E-state index contributed by atoms with van der Waals surface area (Å²) in [6.45, 7) is 0. The molecule has 0 unspecified atom stereocenters. The Kier molecular flexibility index (Phi) is 5.30. The molecular weight excluding hydrogens is 345 g/mol. The highest BCUT2D eigenvalue weighted by Crippen LogP contribution is 2.28. The second-order valence-electron chi connectivity index (χ2n) is 4.35. The minimum absolute atomic E-state index is 0.145. The van der Waals surface area contributed by atoms with Crippen LogP contribution in [0.3, 0.4) is 0 Å². The third-order valence-corrected chi connectivity index (χ3v) is 3.25. The van der Waals surface area contributed by atoms with Crippen molar-refractivity contribution in [1.29, 1.82) is 0 Å². The molecule has 2 N–H and O–H groups in total. The van der Waals surface area contributed by atoms with Crippen molar-refractivity contribution in [3.05, 3.63) is 57.4 Å². The maximum atomic E-state index is 13.3. The SMILES string of the molecule is COc1ccc(Cl)cc1NC(=S)Nc1ccc(F)c([N+](=O)[O-])c1. The molecule has 2 aromatic rings. The number of ether oxygens (including phenoxy) is 1. The van der Waals surface area contributed by atoms with E-state index in [1.54, 1.807) is 18.2 Å². The number of hydrogen-bond donors (Lipinski definition) is 2. The third-order valence-electron chi connectivity index (χ3n) is 2.81. The van der Waals surface area contributed by atoms with E-state index in [-0.39, 0.29) is 10.8 Å². The fourth-order valence-electron chi connectivity index (χ4n) is 1.79. The lowest BCUT2D eigenvalue weighted by molar-refractivity contribution is -0.387. The van der Waals surface area contributed by atoms with Crippen LogP contribution in [0.1, 0.15) is 0 Å². The van der Waals surface area contributed by atoms with Gasteiger partial charge >= 0.3 is 5.69 Å². The highest BCUT2D eigenvalue weighted by molar-refractivity contribution is 7.80. The summed E-state index contributed by atoms with van der Waals surface area (Å²) in [6, 6.07) is 8.32. The molecule has 2 rings (SSSR count). The van der Waals surface area contributed by atoms with Crippen LogP contribution in [0.2, 0.25) is 5.02 Å². The summed E-state index contributed by atoms with van der Waals surface area (Å²) in [7, 11) is 1.49. The third kappa shape index (κ3) is 4.27. The average Bonchev–Trinajstić information content (AvgIpc) is 2.49. The quantitative estimate of drug-likeness (QED) is 0.486. The first-order valence-electron chi connectivity index (χ1n) is 6.26. The van der Waals surface area contributed by atoms with E-state index in [0.717, 1.165) is 12.1 Å². The first-order valence-corrected chi connectivity index (χ1v) is 7.05. The largest absolute Gasteiger partial charge is 0.495 e. The van der Waals surface area contributed by atoms with Gasteiger partial charge in [-0.05, 0) is 42.5 Å². The monoisotopic (exact) mass is 355 g/mol. The Morgan fingerprint density at radius 2 is 2.04 bits per heavy atom. The summed E-state index contributed by atoms with van der Waals surface area (Å²) in [5.74, 6) is -0.403. The molecule has 0 amide bonds. The van der Waals surface area contributed by atoms with Crippen molar-refractivity contribution in [3.8, 4) is 5.75 Å². The van der Waals surface area contributed by atoms with E-state index in [1.165, 1.54) is 13.2 Å². The minimum Gasteiger partial charge on any atom is -0.495 e. The second kappa shape index (κ2) is 7.21. The van der Waals surface area contributed by atoms with Gasteiger partial charge in [-0.15, -0.1) is 0 Å². The van der Waals surface area contributed by atoms with Gasteiger partial charge in [-0.3, -0.25) is 10.1 Å². The topological polar surface area (TPSA) is 76.4 Å². The van der Waals surface area contributed by atoms with Crippen LogP contribution in [0.5, 0.6) is 5.75 Å². The van der Waals surface area contributed by atoms with Crippen LogP contribution in [-0.2, 0) is 0 Å². The van der Waals surface area contributed by atoms with Gasteiger partial charge in [-0.25, -0.2) is 0 Å². The predicted octanol–water partition coefficient (Wildman–Crippen LogP) is 4.20. The number of rotatable bonds is 4. The summed E-state index contributed by atoms with van der Waals surface area (Å²) in [6.07, 6.45) is 0. The van der Waals surface area contributed by atoms with Crippen LogP contribution in [0.25, 0.3) is 0 Å². The number of nitrogens with one attached hydrogen (secondary N) is 2. The zero-order valence-electron chi connectivity index (χ0n) is 11.8. The van der Waals surface area contributed by atoms with Gasteiger partial charge < -0.3 is 15.4 Å². The molecule has 9 heteroatoms. The van der Waals surface area contributed by atoms with Crippen LogP contribution in [-0.4, -0.2) is 17.1 Å². The summed E-state index contributed by atoms with van der Waals surface area (Å²) >= 11 is 11.0. The Labute approximate surface area is 141 Å². The number of thiocarbonyl (C=S) groups is 1. The molecule has 0 aliphatic heterocycles. The lowest BCUT2D eigenvalue weighted by Gasteiger charge is -2.13. The molecule has 0 aliphatic carbocycles. The minimum atomic E-state index is -0.920. The number of hydrogen-bond acceptors (Lipinski definition) is 4. The number of nitrogens with zero attached hydrogens (tertiary/aromatic N) is 1. The van der Waals surface area contributed by atoms with Crippen molar-refractivity contribution in [3.63, 3.8) is 0 Å². The van der Waals surface area contributed by atoms with Gasteiger partial charge in [0.25, 0.3) is 0 Å². The Morgan fingerprint density at radius 1 is 1.30 bits per heavy atom. The van der Waals surface area contributed by atoms with E-state index in [0.29, 0.717) is 16.5 Å². The van der Waals surface area contributed by atoms with Crippen LogP contribution in [0, 0.1) is 15.9 Å². The number of halogens is 2. The fourth-order valence-corrected chi connectivity index (χ4v) is 2.19. The lowest BCUT2D eigenvalue weighted by Crippen LogP contribution is -2.19. The van der Waals surface area contributed by atoms with E-state index in [9.17, 15) is 14.5 Å². The summed E-state index contributed by atoms with van der Waals surface area (Å²) in [4.78, 5) is 9.92. The Hall–Kier alpha value is -2.45. The molecule has 0 aromatic heterocycles. The van der Waals surface area contributed by atoms with Gasteiger partial charge in [0.05, 0.1) is 17.7 Å². The molecular formula is C14H11ClFN3O3S. The Bertz CT molecular complexity index is 773. The van der Waals surface area contributed by atoms with E-state index < -0.39 is 16.4 Å².